The van der Waals surface area contributed by atoms with E-state index < -0.39 is 10.8 Å². The highest BCUT2D eigenvalue weighted by atomic mass is 79.9. The number of halogens is 1. The van der Waals surface area contributed by atoms with Crippen LogP contribution in [0.1, 0.15) is 33.1 Å². The second-order valence-corrected chi connectivity index (χ2v) is 6.97. The van der Waals surface area contributed by atoms with E-state index in [0.717, 1.165) is 15.8 Å². The Balaban J connectivity index is 2.31. The molecule has 0 spiro atoms. The molecule has 1 amide bonds. The maximum absolute atomic E-state index is 12.0. The lowest BCUT2D eigenvalue weighted by molar-refractivity contribution is -0.121. The standard InChI is InChI=1S/C14H20BrNO2S/c1-3-11(2)16-14(17)5-4-10-19(18)13-8-6-12(15)7-9-13/h6-9,11H,3-5,10H2,1-2H3,(H,16,17)/t11-,19+/m0/s1. The van der Waals surface area contributed by atoms with Gasteiger partial charge in [-0.05, 0) is 44.0 Å². The monoisotopic (exact) mass is 345 g/mol. The zero-order valence-electron chi connectivity index (χ0n) is 11.3. The molecule has 5 heteroatoms. The molecule has 0 unspecified atom stereocenters. The molecule has 19 heavy (non-hydrogen) atoms. The number of carbonyl (C=O) groups is 1. The molecule has 3 nitrogen and oxygen atoms in total. The average Bonchev–Trinajstić information content (AvgIpc) is 2.39. The van der Waals surface area contributed by atoms with Crippen LogP contribution in [-0.4, -0.2) is 21.9 Å². The molecule has 0 saturated heterocycles. The lowest BCUT2D eigenvalue weighted by Gasteiger charge is -2.10. The van der Waals surface area contributed by atoms with Crippen LogP contribution in [-0.2, 0) is 15.6 Å². The lowest BCUT2D eigenvalue weighted by Crippen LogP contribution is -2.31. The summed E-state index contributed by atoms with van der Waals surface area (Å²) in [5.74, 6) is 0.567. The fraction of sp³-hybridized carbons (Fsp3) is 0.500. The van der Waals surface area contributed by atoms with Crippen molar-refractivity contribution in [3.05, 3.63) is 28.7 Å². The Morgan fingerprint density at radius 1 is 1.37 bits per heavy atom. The van der Waals surface area contributed by atoms with Gasteiger partial charge in [0.1, 0.15) is 0 Å². The summed E-state index contributed by atoms with van der Waals surface area (Å²) in [4.78, 5) is 12.4. The van der Waals surface area contributed by atoms with Gasteiger partial charge in [-0.1, -0.05) is 22.9 Å². The van der Waals surface area contributed by atoms with Crippen LogP contribution in [0, 0.1) is 0 Å². The van der Waals surface area contributed by atoms with Crippen molar-refractivity contribution in [3.63, 3.8) is 0 Å². The lowest BCUT2D eigenvalue weighted by atomic mass is 10.2. The van der Waals surface area contributed by atoms with E-state index in [2.05, 4.69) is 21.2 Å². The molecule has 0 fully saturated rings. The van der Waals surface area contributed by atoms with E-state index in [4.69, 9.17) is 0 Å². The molecule has 0 heterocycles. The van der Waals surface area contributed by atoms with Gasteiger partial charge in [0.25, 0.3) is 0 Å². The van der Waals surface area contributed by atoms with Crippen LogP contribution < -0.4 is 5.32 Å². The number of benzene rings is 1. The molecular weight excluding hydrogens is 326 g/mol. The summed E-state index contributed by atoms with van der Waals surface area (Å²) in [5, 5.41) is 2.91. The summed E-state index contributed by atoms with van der Waals surface area (Å²) in [6, 6.07) is 7.66. The Labute approximate surface area is 125 Å². The van der Waals surface area contributed by atoms with Gasteiger partial charge in [0.15, 0.2) is 0 Å². The van der Waals surface area contributed by atoms with Gasteiger partial charge in [0, 0.05) is 27.6 Å². The first-order valence-corrected chi connectivity index (χ1v) is 8.57. The van der Waals surface area contributed by atoms with Crippen LogP contribution >= 0.6 is 15.9 Å². The molecule has 0 aliphatic carbocycles. The summed E-state index contributed by atoms with van der Waals surface area (Å²) < 4.78 is 13.0. The first-order valence-electron chi connectivity index (χ1n) is 6.46. The molecule has 106 valence electrons. The van der Waals surface area contributed by atoms with Crippen molar-refractivity contribution in [2.75, 3.05) is 5.75 Å². The van der Waals surface area contributed by atoms with Crippen LogP contribution in [0.15, 0.2) is 33.6 Å². The van der Waals surface area contributed by atoms with E-state index in [9.17, 15) is 9.00 Å². The van der Waals surface area contributed by atoms with E-state index in [1.54, 1.807) is 0 Å². The molecule has 0 aromatic heterocycles. The van der Waals surface area contributed by atoms with Crippen molar-refractivity contribution >= 4 is 32.6 Å². The average molecular weight is 346 g/mol. The minimum Gasteiger partial charge on any atom is -0.354 e. The first-order chi connectivity index (χ1) is 9.02. The molecular formula is C14H20BrNO2S. The summed E-state index contributed by atoms with van der Waals surface area (Å²) in [6.45, 7) is 4.02. The predicted molar refractivity (Wildman–Crippen MR) is 82.5 cm³/mol. The van der Waals surface area contributed by atoms with E-state index in [1.807, 2.05) is 38.1 Å². The molecule has 1 rings (SSSR count). The quantitative estimate of drug-likeness (QED) is 0.824. The van der Waals surface area contributed by atoms with Crippen LogP contribution in [0.2, 0.25) is 0 Å². The highest BCUT2D eigenvalue weighted by Crippen LogP contribution is 2.14. The maximum atomic E-state index is 12.0. The van der Waals surface area contributed by atoms with Crippen molar-refractivity contribution in [1.29, 1.82) is 0 Å². The third kappa shape index (κ3) is 6.34. The van der Waals surface area contributed by atoms with Crippen molar-refractivity contribution in [3.8, 4) is 0 Å². The Morgan fingerprint density at radius 3 is 2.58 bits per heavy atom. The number of hydrogen-bond donors (Lipinski definition) is 1. The van der Waals surface area contributed by atoms with Crippen molar-refractivity contribution < 1.29 is 9.00 Å². The van der Waals surface area contributed by atoms with Gasteiger partial charge in [0.2, 0.25) is 5.91 Å². The molecule has 1 aromatic carbocycles. The summed E-state index contributed by atoms with van der Waals surface area (Å²) in [7, 11) is -1.02. The molecule has 0 radical (unpaired) electrons. The van der Waals surface area contributed by atoms with E-state index in [0.29, 0.717) is 18.6 Å². The van der Waals surface area contributed by atoms with Crippen LogP contribution in [0.3, 0.4) is 0 Å². The highest BCUT2D eigenvalue weighted by Gasteiger charge is 2.08. The van der Waals surface area contributed by atoms with Crippen molar-refractivity contribution in [2.24, 2.45) is 0 Å². The number of nitrogens with one attached hydrogen (secondary N) is 1. The van der Waals surface area contributed by atoms with Gasteiger partial charge in [-0.2, -0.15) is 0 Å². The van der Waals surface area contributed by atoms with Gasteiger partial charge in [0.05, 0.1) is 10.8 Å². The highest BCUT2D eigenvalue weighted by molar-refractivity contribution is 9.10. The molecule has 1 aromatic rings. The van der Waals surface area contributed by atoms with E-state index >= 15 is 0 Å². The largest absolute Gasteiger partial charge is 0.354 e. The Bertz CT molecular complexity index is 434. The number of amides is 1. The number of hydrogen-bond acceptors (Lipinski definition) is 2. The van der Waals surface area contributed by atoms with Gasteiger partial charge >= 0.3 is 0 Å². The Morgan fingerprint density at radius 2 is 2.00 bits per heavy atom. The smallest absolute Gasteiger partial charge is 0.220 e. The fourth-order valence-electron chi connectivity index (χ4n) is 1.52. The van der Waals surface area contributed by atoms with Gasteiger partial charge in [-0.15, -0.1) is 0 Å². The van der Waals surface area contributed by atoms with Crippen molar-refractivity contribution in [2.45, 2.75) is 44.0 Å². The Kier molecular flexibility index (Phi) is 7.31. The zero-order valence-corrected chi connectivity index (χ0v) is 13.7. The zero-order chi connectivity index (χ0) is 14.3. The first kappa shape index (κ1) is 16.4. The van der Waals surface area contributed by atoms with Crippen LogP contribution in [0.25, 0.3) is 0 Å². The predicted octanol–water partition coefficient (Wildman–Crippen LogP) is 3.25. The van der Waals surface area contributed by atoms with Crippen LogP contribution in [0.5, 0.6) is 0 Å². The Hall–Kier alpha value is -0.680. The number of carbonyl (C=O) groups excluding carboxylic acids is 1. The maximum Gasteiger partial charge on any atom is 0.220 e. The fourth-order valence-corrected chi connectivity index (χ4v) is 2.86. The van der Waals surface area contributed by atoms with Crippen molar-refractivity contribution in [1.82, 2.24) is 5.32 Å². The molecule has 2 atom stereocenters. The molecule has 0 aliphatic rings. The number of rotatable bonds is 7. The van der Waals surface area contributed by atoms with Gasteiger partial charge in [-0.3, -0.25) is 9.00 Å². The second-order valence-electron chi connectivity index (χ2n) is 4.48. The van der Waals surface area contributed by atoms with Gasteiger partial charge in [-0.25, -0.2) is 0 Å². The van der Waals surface area contributed by atoms with E-state index in [-0.39, 0.29) is 11.9 Å². The van der Waals surface area contributed by atoms with E-state index in [1.165, 1.54) is 0 Å². The third-order valence-electron chi connectivity index (χ3n) is 2.83. The summed E-state index contributed by atoms with van der Waals surface area (Å²) in [5.41, 5.74) is 0. The molecule has 1 N–H and O–H groups in total. The molecule has 0 aliphatic heterocycles. The minimum atomic E-state index is -1.02. The molecule has 0 bridgehead atoms. The van der Waals surface area contributed by atoms with Crippen LogP contribution in [0.4, 0.5) is 0 Å². The third-order valence-corrected chi connectivity index (χ3v) is 4.82. The summed E-state index contributed by atoms with van der Waals surface area (Å²) >= 11 is 3.34. The van der Waals surface area contributed by atoms with Gasteiger partial charge < -0.3 is 5.32 Å². The molecule has 0 saturated carbocycles. The topological polar surface area (TPSA) is 46.2 Å². The normalized spacial score (nSPS) is 13.8. The second kappa shape index (κ2) is 8.48. The summed E-state index contributed by atoms with van der Waals surface area (Å²) in [6.07, 6.45) is 2.01. The SMILES string of the molecule is CC[C@H](C)NC(=O)CCC[S@@](=O)c1ccc(Br)cc1. The minimum absolute atomic E-state index is 0.0437.